The summed E-state index contributed by atoms with van der Waals surface area (Å²) in [4.78, 5) is 32.5. The first kappa shape index (κ1) is 21.6. The number of carbonyl (C=O) groups is 2. The number of imidazole rings is 1. The largest absolute Gasteiger partial charge is 0.464 e. The third-order valence-electron chi connectivity index (χ3n) is 4.11. The summed E-state index contributed by atoms with van der Waals surface area (Å²) in [6.07, 6.45) is 2.63. The van der Waals surface area contributed by atoms with Crippen molar-refractivity contribution in [2.24, 2.45) is 0 Å². The van der Waals surface area contributed by atoms with E-state index in [1.54, 1.807) is 37.7 Å². The van der Waals surface area contributed by atoms with E-state index in [1.807, 2.05) is 24.3 Å². The molecule has 1 amide bonds. The van der Waals surface area contributed by atoms with Crippen LogP contribution in [0.15, 0.2) is 36.7 Å². The Balaban J connectivity index is 1.84. The quantitative estimate of drug-likeness (QED) is 0.616. The molecule has 0 fully saturated rings. The molecule has 0 aliphatic carbocycles. The molecule has 0 spiro atoms. The second kappa shape index (κ2) is 8.71. The van der Waals surface area contributed by atoms with Gasteiger partial charge >= 0.3 is 12.1 Å². The van der Waals surface area contributed by atoms with Crippen molar-refractivity contribution in [3.63, 3.8) is 0 Å². The predicted molar refractivity (Wildman–Crippen MR) is 112 cm³/mol. The van der Waals surface area contributed by atoms with Gasteiger partial charge in [-0.2, -0.15) is 0 Å². The number of ether oxygens (including phenoxy) is 2. The molecule has 158 valence electrons. The van der Waals surface area contributed by atoms with Gasteiger partial charge in [0.25, 0.3) is 0 Å². The second-order valence-electron chi connectivity index (χ2n) is 7.70. The Labute approximate surface area is 179 Å². The Kier molecular flexibility index (Phi) is 6.26. The van der Waals surface area contributed by atoms with Gasteiger partial charge in [0.05, 0.1) is 24.2 Å². The van der Waals surface area contributed by atoms with Gasteiger partial charge in [-0.1, -0.05) is 17.7 Å². The van der Waals surface area contributed by atoms with Crippen LogP contribution in [0.5, 0.6) is 0 Å². The molecule has 9 heteroatoms. The van der Waals surface area contributed by atoms with Crippen molar-refractivity contribution in [1.82, 2.24) is 19.9 Å². The van der Waals surface area contributed by atoms with E-state index in [1.165, 1.54) is 7.11 Å². The fourth-order valence-corrected chi connectivity index (χ4v) is 3.02. The normalized spacial score (nSPS) is 11.4. The molecule has 2 heterocycles. The first-order valence-corrected chi connectivity index (χ1v) is 9.68. The molecule has 3 aromatic rings. The molecule has 0 bridgehead atoms. The summed E-state index contributed by atoms with van der Waals surface area (Å²) in [6.45, 7) is 5.86. The van der Waals surface area contributed by atoms with Crippen LogP contribution in [-0.4, -0.2) is 39.3 Å². The van der Waals surface area contributed by atoms with Crippen molar-refractivity contribution < 1.29 is 19.1 Å². The Hall–Kier alpha value is -3.13. The zero-order chi connectivity index (χ0) is 21.9. The number of halogens is 1. The smallest absolute Gasteiger partial charge is 0.408 e. The summed E-state index contributed by atoms with van der Waals surface area (Å²) >= 11 is 6.05. The summed E-state index contributed by atoms with van der Waals surface area (Å²) in [6, 6.07) is 7.65. The van der Waals surface area contributed by atoms with E-state index in [4.69, 9.17) is 21.1 Å². The van der Waals surface area contributed by atoms with Crippen molar-refractivity contribution in [2.45, 2.75) is 39.5 Å². The third-order valence-corrected chi connectivity index (χ3v) is 4.32. The van der Waals surface area contributed by atoms with Crippen molar-refractivity contribution in [2.75, 3.05) is 7.11 Å². The maximum Gasteiger partial charge on any atom is 0.408 e. The molecule has 1 N–H and O–H groups in total. The van der Waals surface area contributed by atoms with Gasteiger partial charge in [-0.25, -0.2) is 14.6 Å². The van der Waals surface area contributed by atoms with Gasteiger partial charge in [0.1, 0.15) is 11.4 Å². The van der Waals surface area contributed by atoms with Crippen LogP contribution in [0, 0.1) is 0 Å². The monoisotopic (exact) mass is 430 g/mol. The number of esters is 1. The molecule has 8 nitrogen and oxygen atoms in total. The van der Waals surface area contributed by atoms with E-state index in [2.05, 4.69) is 15.3 Å². The van der Waals surface area contributed by atoms with Crippen LogP contribution >= 0.6 is 11.6 Å². The lowest BCUT2D eigenvalue weighted by atomic mass is 10.1. The molecule has 0 aliphatic heterocycles. The number of hydrogen-bond acceptors (Lipinski definition) is 6. The van der Waals surface area contributed by atoms with Crippen LogP contribution < -0.4 is 5.32 Å². The first-order chi connectivity index (χ1) is 14.1. The molecule has 0 unspecified atom stereocenters. The number of amides is 1. The summed E-state index contributed by atoms with van der Waals surface area (Å²) in [5.74, 6) is -0.0627. The fourth-order valence-electron chi connectivity index (χ4n) is 2.85. The maximum atomic E-state index is 12.0. The van der Waals surface area contributed by atoms with Gasteiger partial charge in [0.15, 0.2) is 5.69 Å². The Morgan fingerprint density at radius 3 is 2.70 bits per heavy atom. The lowest BCUT2D eigenvalue weighted by molar-refractivity contribution is 0.0521. The number of carbonyl (C=O) groups excluding carboxylic acids is 2. The van der Waals surface area contributed by atoms with Gasteiger partial charge in [0.2, 0.25) is 0 Å². The number of nitrogens with one attached hydrogen (secondary N) is 1. The highest BCUT2D eigenvalue weighted by Gasteiger charge is 2.19. The van der Waals surface area contributed by atoms with E-state index < -0.39 is 17.7 Å². The second-order valence-corrected chi connectivity index (χ2v) is 8.13. The van der Waals surface area contributed by atoms with E-state index in [0.717, 1.165) is 16.5 Å². The van der Waals surface area contributed by atoms with Crippen molar-refractivity contribution >= 4 is 34.6 Å². The van der Waals surface area contributed by atoms with Crippen LogP contribution in [0.2, 0.25) is 5.02 Å². The van der Waals surface area contributed by atoms with Crippen LogP contribution in [-0.2, 0) is 22.6 Å². The average Bonchev–Trinajstić information content (AvgIpc) is 3.06. The molecule has 3 rings (SSSR count). The maximum absolute atomic E-state index is 12.0. The van der Waals surface area contributed by atoms with Crippen LogP contribution in [0.1, 0.15) is 42.6 Å². The number of aromatic nitrogens is 3. The van der Waals surface area contributed by atoms with Gasteiger partial charge in [0, 0.05) is 24.3 Å². The van der Waals surface area contributed by atoms with E-state index in [9.17, 15) is 9.59 Å². The first-order valence-electron chi connectivity index (χ1n) is 9.30. The molecule has 1 aromatic carbocycles. The number of pyridine rings is 1. The van der Waals surface area contributed by atoms with Gasteiger partial charge in [-0.15, -0.1) is 0 Å². The van der Waals surface area contributed by atoms with Crippen molar-refractivity contribution in [3.05, 3.63) is 58.8 Å². The van der Waals surface area contributed by atoms with Gasteiger partial charge in [-0.05, 0) is 44.5 Å². The van der Waals surface area contributed by atoms with Gasteiger partial charge in [-0.3, -0.25) is 4.98 Å². The summed E-state index contributed by atoms with van der Waals surface area (Å²) in [5.41, 5.74) is 1.33. The lowest BCUT2D eigenvalue weighted by Gasteiger charge is -2.19. The van der Waals surface area contributed by atoms with E-state index >= 15 is 0 Å². The zero-order valence-corrected chi connectivity index (χ0v) is 18.0. The molecule has 30 heavy (non-hydrogen) atoms. The van der Waals surface area contributed by atoms with E-state index in [0.29, 0.717) is 17.4 Å². The molecule has 0 atom stereocenters. The highest BCUT2D eigenvalue weighted by molar-refractivity contribution is 6.31. The molecule has 0 radical (unpaired) electrons. The van der Waals surface area contributed by atoms with Gasteiger partial charge < -0.3 is 19.4 Å². The van der Waals surface area contributed by atoms with Crippen LogP contribution in [0.4, 0.5) is 4.79 Å². The Bertz CT molecular complexity index is 1090. The number of benzene rings is 1. The third kappa shape index (κ3) is 5.48. The average molecular weight is 431 g/mol. The number of nitrogens with zero attached hydrogens (tertiary/aromatic N) is 3. The molecular weight excluding hydrogens is 408 g/mol. The predicted octanol–water partition coefficient (Wildman–Crippen LogP) is 3.94. The molecule has 0 saturated heterocycles. The highest BCUT2D eigenvalue weighted by Crippen LogP contribution is 2.19. The molecule has 2 aromatic heterocycles. The topological polar surface area (TPSA) is 95.3 Å². The lowest BCUT2D eigenvalue weighted by Crippen LogP contribution is -2.32. The molecule has 0 aliphatic rings. The summed E-state index contributed by atoms with van der Waals surface area (Å²) in [5, 5.41) is 4.12. The minimum absolute atomic E-state index is 0.0902. The fraction of sp³-hybridized carbons (Fsp3) is 0.333. The SMILES string of the molecule is COC(=O)c1cn(Cc2ccc3ncc(Cl)cc3c2)c(CNC(=O)OC(C)(C)C)n1. The summed E-state index contributed by atoms with van der Waals surface area (Å²) < 4.78 is 11.8. The zero-order valence-electron chi connectivity index (χ0n) is 17.2. The number of methoxy groups -OCH3 is 1. The Morgan fingerprint density at radius 1 is 1.23 bits per heavy atom. The van der Waals surface area contributed by atoms with Crippen LogP contribution in [0.3, 0.4) is 0 Å². The standard InChI is InChI=1S/C21H23ClN4O4/c1-21(2,3)30-20(28)24-10-18-25-17(19(27)29-4)12-26(18)11-13-5-6-16-14(7-13)8-15(22)9-23-16/h5-9,12H,10-11H2,1-4H3,(H,24,28). The minimum atomic E-state index is -0.614. The number of alkyl carbamates (subject to hydrolysis) is 1. The number of hydrogen-bond donors (Lipinski definition) is 1. The van der Waals surface area contributed by atoms with E-state index in [-0.39, 0.29) is 12.2 Å². The van der Waals surface area contributed by atoms with Crippen LogP contribution in [0.25, 0.3) is 10.9 Å². The summed E-state index contributed by atoms with van der Waals surface area (Å²) in [7, 11) is 1.29. The number of rotatable bonds is 5. The van der Waals surface area contributed by atoms with Crippen molar-refractivity contribution in [3.8, 4) is 0 Å². The molecular formula is C21H23ClN4O4. The Morgan fingerprint density at radius 2 is 2.00 bits per heavy atom. The minimum Gasteiger partial charge on any atom is -0.464 e. The number of fused-ring (bicyclic) bond motifs is 1. The molecule has 0 saturated carbocycles. The van der Waals surface area contributed by atoms with Crippen molar-refractivity contribution in [1.29, 1.82) is 0 Å². The highest BCUT2D eigenvalue weighted by atomic mass is 35.5.